The van der Waals surface area contributed by atoms with E-state index in [0.29, 0.717) is 13.2 Å². The molecular formula is C31H33N9O. The summed E-state index contributed by atoms with van der Waals surface area (Å²) in [6.07, 6.45) is 11.1. The SMILES string of the molecule is [C-]#[N+]C1(C)CCN(CCOc2ccn3c(-c4cc(NCc5ccc(-c6cnn(C)c6)cc5)ncn4)cnc3c2)CC1. The summed E-state index contributed by atoms with van der Waals surface area (Å²) in [5.74, 6) is 1.54. The number of rotatable bonds is 9. The summed E-state index contributed by atoms with van der Waals surface area (Å²) < 4.78 is 9.85. The first kappa shape index (κ1) is 26.5. The minimum atomic E-state index is -0.200. The number of fused-ring (bicyclic) bond motifs is 1. The number of piperidine rings is 1. The zero-order chi connectivity index (χ0) is 28.2. The first-order valence-electron chi connectivity index (χ1n) is 13.8. The second-order valence-electron chi connectivity index (χ2n) is 10.8. The van der Waals surface area contributed by atoms with Gasteiger partial charge in [-0.05, 0) is 17.2 Å². The van der Waals surface area contributed by atoms with Crippen LogP contribution in [-0.2, 0) is 13.6 Å². The molecule has 41 heavy (non-hydrogen) atoms. The Balaban J connectivity index is 1.06. The summed E-state index contributed by atoms with van der Waals surface area (Å²) in [6, 6.07) is 14.3. The molecule has 5 aromatic rings. The molecule has 1 aliphatic rings. The number of nitrogens with zero attached hydrogens (tertiary/aromatic N) is 8. The Morgan fingerprint density at radius 3 is 2.61 bits per heavy atom. The molecule has 1 saturated heterocycles. The Hall–Kier alpha value is -4.75. The molecule has 6 rings (SSSR count). The summed E-state index contributed by atoms with van der Waals surface area (Å²) >= 11 is 0. The highest BCUT2D eigenvalue weighted by atomic mass is 16.5. The molecule has 10 heteroatoms. The van der Waals surface area contributed by atoms with E-state index in [1.54, 1.807) is 11.0 Å². The molecule has 0 atom stereocenters. The summed E-state index contributed by atoms with van der Waals surface area (Å²) in [5, 5.41) is 7.65. The second kappa shape index (κ2) is 11.4. The average Bonchev–Trinajstić information content (AvgIpc) is 3.64. The lowest BCUT2D eigenvalue weighted by atomic mass is 9.91. The topological polar surface area (TPSA) is 89.8 Å². The minimum Gasteiger partial charge on any atom is -0.492 e. The predicted octanol–water partition coefficient (Wildman–Crippen LogP) is 4.96. The predicted molar refractivity (Wildman–Crippen MR) is 158 cm³/mol. The molecule has 0 bridgehead atoms. The summed E-state index contributed by atoms with van der Waals surface area (Å²) in [6.45, 7) is 13.4. The number of pyridine rings is 1. The van der Waals surface area contributed by atoms with Crippen molar-refractivity contribution in [2.75, 3.05) is 31.6 Å². The first-order chi connectivity index (χ1) is 20.0. The van der Waals surface area contributed by atoms with E-state index >= 15 is 0 Å². The molecule has 0 unspecified atom stereocenters. The standard InChI is InChI=1S/C31H33N9O/c1-31(32-2)9-12-39(13-10-31)14-15-41-26-8-11-40-28(20-34-30(40)16-26)27-17-29(36-22-35-27)33-18-23-4-6-24(7-5-23)25-19-37-38(3)21-25/h4-8,11,16-17,19-22H,9-10,12-15,18H2,1,3H3,(H,33,35,36). The minimum absolute atomic E-state index is 0.200. The van der Waals surface area contributed by atoms with Crippen molar-refractivity contribution in [1.82, 2.24) is 34.0 Å². The molecule has 1 N–H and O–H groups in total. The monoisotopic (exact) mass is 547 g/mol. The average molecular weight is 548 g/mol. The van der Waals surface area contributed by atoms with Gasteiger partial charge in [0.1, 0.15) is 30.1 Å². The van der Waals surface area contributed by atoms with Gasteiger partial charge in [0.25, 0.3) is 0 Å². The first-order valence-corrected chi connectivity index (χ1v) is 13.8. The van der Waals surface area contributed by atoms with Crippen molar-refractivity contribution in [3.05, 3.63) is 90.6 Å². The molecule has 4 aromatic heterocycles. The van der Waals surface area contributed by atoms with Crippen LogP contribution in [0.3, 0.4) is 0 Å². The third kappa shape index (κ3) is 6.05. The van der Waals surface area contributed by atoms with E-state index in [2.05, 4.69) is 66.3 Å². The zero-order valence-electron chi connectivity index (χ0n) is 23.4. The Morgan fingerprint density at radius 1 is 1.02 bits per heavy atom. The fraction of sp³-hybridized carbons (Fsp3) is 0.323. The van der Waals surface area contributed by atoms with Crippen LogP contribution in [0, 0.1) is 6.57 Å². The molecule has 208 valence electrons. The van der Waals surface area contributed by atoms with E-state index in [9.17, 15) is 0 Å². The maximum absolute atomic E-state index is 7.39. The number of aryl methyl sites for hydroxylation is 1. The van der Waals surface area contributed by atoms with E-state index < -0.39 is 0 Å². The number of ether oxygens (including phenoxy) is 1. The molecule has 0 saturated carbocycles. The fourth-order valence-corrected chi connectivity index (χ4v) is 5.08. The van der Waals surface area contributed by atoms with Crippen LogP contribution >= 0.6 is 0 Å². The van der Waals surface area contributed by atoms with Gasteiger partial charge in [0.15, 0.2) is 0 Å². The Morgan fingerprint density at radius 2 is 1.85 bits per heavy atom. The Kier molecular flexibility index (Phi) is 7.35. The molecule has 1 aromatic carbocycles. The van der Waals surface area contributed by atoms with E-state index in [0.717, 1.165) is 77.8 Å². The van der Waals surface area contributed by atoms with Gasteiger partial charge in [-0.1, -0.05) is 24.3 Å². The largest absolute Gasteiger partial charge is 0.492 e. The van der Waals surface area contributed by atoms with Crippen LogP contribution in [0.15, 0.2) is 73.6 Å². The van der Waals surface area contributed by atoms with E-state index in [4.69, 9.17) is 11.3 Å². The molecule has 0 radical (unpaired) electrons. The van der Waals surface area contributed by atoms with Gasteiger partial charge in [0, 0.05) is 83.1 Å². The third-order valence-corrected chi connectivity index (χ3v) is 7.76. The van der Waals surface area contributed by atoms with Gasteiger partial charge in [-0.3, -0.25) is 14.0 Å². The molecule has 10 nitrogen and oxygen atoms in total. The maximum Gasteiger partial charge on any atom is 0.232 e. The van der Waals surface area contributed by atoms with Crippen molar-refractivity contribution in [2.45, 2.75) is 31.8 Å². The van der Waals surface area contributed by atoms with E-state index in [-0.39, 0.29) is 5.54 Å². The fourth-order valence-electron chi connectivity index (χ4n) is 5.08. The highest BCUT2D eigenvalue weighted by molar-refractivity contribution is 5.64. The van der Waals surface area contributed by atoms with Gasteiger partial charge in [-0.25, -0.2) is 21.5 Å². The van der Waals surface area contributed by atoms with Crippen LogP contribution in [0.4, 0.5) is 5.82 Å². The highest BCUT2D eigenvalue weighted by Gasteiger charge is 2.34. The Labute approximate surface area is 239 Å². The van der Waals surface area contributed by atoms with Crippen LogP contribution in [0.2, 0.25) is 0 Å². The van der Waals surface area contributed by atoms with Crippen molar-refractivity contribution in [1.29, 1.82) is 0 Å². The molecule has 0 spiro atoms. The molecular weight excluding hydrogens is 514 g/mol. The summed E-state index contributed by atoms with van der Waals surface area (Å²) in [5.41, 5.74) is 5.66. The highest BCUT2D eigenvalue weighted by Crippen LogP contribution is 2.26. The lowest BCUT2D eigenvalue weighted by Gasteiger charge is -2.31. The summed E-state index contributed by atoms with van der Waals surface area (Å²) in [7, 11) is 1.92. The number of imidazole rings is 1. The maximum atomic E-state index is 7.39. The lowest BCUT2D eigenvalue weighted by molar-refractivity contribution is 0.158. The molecule has 1 fully saturated rings. The number of benzene rings is 1. The van der Waals surface area contributed by atoms with Crippen LogP contribution in [0.5, 0.6) is 5.75 Å². The lowest BCUT2D eigenvalue weighted by Crippen LogP contribution is -2.42. The van der Waals surface area contributed by atoms with Crippen molar-refractivity contribution in [3.63, 3.8) is 0 Å². The van der Waals surface area contributed by atoms with Gasteiger partial charge in [-0.2, -0.15) is 5.10 Å². The van der Waals surface area contributed by atoms with Gasteiger partial charge in [0.2, 0.25) is 5.54 Å². The van der Waals surface area contributed by atoms with E-state index in [1.807, 2.05) is 54.4 Å². The smallest absolute Gasteiger partial charge is 0.232 e. The molecule has 0 aliphatic carbocycles. The number of anilines is 1. The van der Waals surface area contributed by atoms with Crippen molar-refractivity contribution in [2.24, 2.45) is 7.05 Å². The van der Waals surface area contributed by atoms with Gasteiger partial charge < -0.3 is 14.9 Å². The summed E-state index contributed by atoms with van der Waals surface area (Å²) in [4.78, 5) is 19.7. The van der Waals surface area contributed by atoms with Gasteiger partial charge in [-0.15, -0.1) is 0 Å². The van der Waals surface area contributed by atoms with Crippen molar-refractivity contribution in [3.8, 4) is 28.3 Å². The third-order valence-electron chi connectivity index (χ3n) is 7.76. The van der Waals surface area contributed by atoms with Gasteiger partial charge in [0.05, 0.1) is 23.8 Å². The number of likely N-dealkylation sites (tertiary alicyclic amines) is 1. The van der Waals surface area contributed by atoms with Crippen LogP contribution in [0.1, 0.15) is 25.3 Å². The molecule has 5 heterocycles. The quantitative estimate of drug-likeness (QED) is 0.261. The van der Waals surface area contributed by atoms with Crippen LogP contribution in [-0.4, -0.2) is 65.8 Å². The number of aromatic nitrogens is 6. The number of hydrogen-bond donors (Lipinski definition) is 1. The van der Waals surface area contributed by atoms with Gasteiger partial charge >= 0.3 is 0 Å². The zero-order valence-corrected chi connectivity index (χ0v) is 23.4. The van der Waals surface area contributed by atoms with Crippen LogP contribution < -0.4 is 10.1 Å². The molecule has 1 aliphatic heterocycles. The van der Waals surface area contributed by atoms with E-state index in [1.165, 1.54) is 0 Å². The number of hydrogen-bond acceptors (Lipinski definition) is 7. The normalized spacial score (nSPS) is 15.0. The Bertz CT molecular complexity index is 1670. The van der Waals surface area contributed by atoms with Crippen molar-refractivity contribution < 1.29 is 4.74 Å². The molecule has 0 amide bonds. The van der Waals surface area contributed by atoms with Crippen molar-refractivity contribution >= 4 is 11.5 Å². The second-order valence-corrected chi connectivity index (χ2v) is 10.8. The number of nitrogens with one attached hydrogen (secondary N) is 1. The van der Waals surface area contributed by atoms with Crippen LogP contribution in [0.25, 0.3) is 33.0 Å².